The van der Waals surface area contributed by atoms with Crippen LogP contribution in [0.1, 0.15) is 43.5 Å². The molecule has 1 aromatic rings. The molecule has 2 atom stereocenters. The standard InChI is InChI=1S/C16H22ClN3O2/c1-10-5-3-4-8-20(10)16(22)13-7-6-12(9-14(13)17)19-15(21)11(2)18/h6-7,9-11H,3-5,8,18H2,1-2H3,(H,19,21)/t10?,11-/m0/s1. The first-order chi connectivity index (χ1) is 10.4. The molecule has 5 nitrogen and oxygen atoms in total. The SMILES string of the molecule is CC1CCCCN1C(=O)c1ccc(NC(=O)[C@H](C)N)cc1Cl. The summed E-state index contributed by atoms with van der Waals surface area (Å²) >= 11 is 6.22. The van der Waals surface area contributed by atoms with E-state index in [-0.39, 0.29) is 17.9 Å². The van der Waals surface area contributed by atoms with Gasteiger partial charge in [-0.25, -0.2) is 0 Å². The monoisotopic (exact) mass is 323 g/mol. The predicted octanol–water partition coefficient (Wildman–Crippen LogP) is 2.64. The number of likely N-dealkylation sites (tertiary alicyclic amines) is 1. The van der Waals surface area contributed by atoms with E-state index in [9.17, 15) is 9.59 Å². The topological polar surface area (TPSA) is 75.4 Å². The number of carbonyl (C=O) groups is 2. The molecule has 6 heteroatoms. The Labute approximate surface area is 135 Å². The van der Waals surface area contributed by atoms with Crippen molar-refractivity contribution in [1.29, 1.82) is 0 Å². The van der Waals surface area contributed by atoms with Crippen molar-refractivity contribution in [2.24, 2.45) is 5.73 Å². The predicted molar refractivity (Wildman–Crippen MR) is 88.1 cm³/mol. The largest absolute Gasteiger partial charge is 0.336 e. The van der Waals surface area contributed by atoms with Gasteiger partial charge in [0.15, 0.2) is 0 Å². The van der Waals surface area contributed by atoms with Crippen LogP contribution in [0.5, 0.6) is 0 Å². The number of nitrogens with zero attached hydrogens (tertiary/aromatic N) is 1. The van der Waals surface area contributed by atoms with Gasteiger partial charge in [0.1, 0.15) is 0 Å². The number of benzene rings is 1. The lowest BCUT2D eigenvalue weighted by molar-refractivity contribution is -0.117. The zero-order chi connectivity index (χ0) is 16.3. The third-order valence-corrected chi connectivity index (χ3v) is 4.26. The molecule has 0 radical (unpaired) electrons. The number of amides is 2. The first-order valence-electron chi connectivity index (χ1n) is 7.57. The fourth-order valence-corrected chi connectivity index (χ4v) is 2.84. The summed E-state index contributed by atoms with van der Waals surface area (Å²) in [7, 11) is 0. The van der Waals surface area contributed by atoms with E-state index in [4.69, 9.17) is 17.3 Å². The number of piperidine rings is 1. The second-order valence-electron chi connectivity index (χ2n) is 5.82. The van der Waals surface area contributed by atoms with Crippen LogP contribution >= 0.6 is 11.6 Å². The van der Waals surface area contributed by atoms with E-state index in [0.29, 0.717) is 16.3 Å². The van der Waals surface area contributed by atoms with Gasteiger partial charge in [-0.1, -0.05) is 11.6 Å². The van der Waals surface area contributed by atoms with Gasteiger partial charge >= 0.3 is 0 Å². The van der Waals surface area contributed by atoms with Gasteiger partial charge in [-0.3, -0.25) is 9.59 Å². The molecule has 22 heavy (non-hydrogen) atoms. The fraction of sp³-hybridized carbons (Fsp3) is 0.500. The fourth-order valence-electron chi connectivity index (χ4n) is 2.58. The number of halogens is 1. The maximum absolute atomic E-state index is 12.6. The van der Waals surface area contributed by atoms with Crippen LogP contribution in [0.3, 0.4) is 0 Å². The molecule has 1 heterocycles. The summed E-state index contributed by atoms with van der Waals surface area (Å²) in [5.74, 6) is -0.345. The van der Waals surface area contributed by atoms with E-state index >= 15 is 0 Å². The number of hydrogen-bond acceptors (Lipinski definition) is 3. The van der Waals surface area contributed by atoms with Gasteiger partial charge in [-0.2, -0.15) is 0 Å². The third kappa shape index (κ3) is 3.78. The van der Waals surface area contributed by atoms with E-state index in [1.165, 1.54) is 0 Å². The zero-order valence-corrected chi connectivity index (χ0v) is 13.7. The van der Waals surface area contributed by atoms with Gasteiger partial charge in [-0.15, -0.1) is 0 Å². The van der Waals surface area contributed by atoms with Crippen LogP contribution < -0.4 is 11.1 Å². The number of carbonyl (C=O) groups excluding carboxylic acids is 2. The Balaban J connectivity index is 2.15. The Morgan fingerprint density at radius 3 is 2.73 bits per heavy atom. The summed E-state index contributed by atoms with van der Waals surface area (Å²) in [6.45, 7) is 4.42. The molecular formula is C16H22ClN3O2. The first kappa shape index (κ1) is 16.8. The van der Waals surface area contributed by atoms with Crippen molar-refractivity contribution < 1.29 is 9.59 Å². The molecule has 1 aliphatic heterocycles. The van der Waals surface area contributed by atoms with Crippen molar-refractivity contribution in [3.05, 3.63) is 28.8 Å². The highest BCUT2D eigenvalue weighted by atomic mass is 35.5. The molecule has 1 saturated heterocycles. The van der Waals surface area contributed by atoms with Gasteiger partial charge in [0.05, 0.1) is 16.6 Å². The molecule has 1 unspecified atom stereocenters. The Morgan fingerprint density at radius 2 is 2.14 bits per heavy atom. The number of anilines is 1. The van der Waals surface area contributed by atoms with Gasteiger partial charge in [0.25, 0.3) is 5.91 Å². The van der Waals surface area contributed by atoms with Crippen molar-refractivity contribution in [1.82, 2.24) is 4.90 Å². The van der Waals surface area contributed by atoms with Crippen molar-refractivity contribution in [3.8, 4) is 0 Å². The Kier molecular flexibility index (Phi) is 5.42. The summed E-state index contributed by atoms with van der Waals surface area (Å²) in [6, 6.07) is 4.55. The van der Waals surface area contributed by atoms with Crippen LogP contribution in [0.25, 0.3) is 0 Å². The van der Waals surface area contributed by atoms with Crippen molar-refractivity contribution in [2.45, 2.75) is 45.2 Å². The zero-order valence-electron chi connectivity index (χ0n) is 12.9. The molecule has 3 N–H and O–H groups in total. The average molecular weight is 324 g/mol. The number of rotatable bonds is 3. The third-order valence-electron chi connectivity index (χ3n) is 3.94. The second kappa shape index (κ2) is 7.11. The molecule has 1 aliphatic rings. The van der Waals surface area contributed by atoms with Crippen molar-refractivity contribution >= 4 is 29.1 Å². The van der Waals surface area contributed by atoms with E-state index in [1.807, 2.05) is 4.90 Å². The maximum Gasteiger partial charge on any atom is 0.255 e. The molecule has 0 saturated carbocycles. The molecule has 1 fully saturated rings. The minimum Gasteiger partial charge on any atom is -0.336 e. The molecular weight excluding hydrogens is 302 g/mol. The van der Waals surface area contributed by atoms with Gasteiger partial charge < -0.3 is 16.0 Å². The lowest BCUT2D eigenvalue weighted by Gasteiger charge is -2.33. The van der Waals surface area contributed by atoms with Crippen molar-refractivity contribution in [2.75, 3.05) is 11.9 Å². The molecule has 2 rings (SSSR count). The molecule has 1 aromatic carbocycles. The molecule has 0 bridgehead atoms. The summed E-state index contributed by atoms with van der Waals surface area (Å²) in [5, 5.41) is 3.00. The van der Waals surface area contributed by atoms with Crippen LogP contribution in [0, 0.1) is 0 Å². The summed E-state index contributed by atoms with van der Waals surface area (Å²) in [4.78, 5) is 26.1. The average Bonchev–Trinajstić information content (AvgIpc) is 2.47. The van der Waals surface area contributed by atoms with Crippen LogP contribution in [-0.4, -0.2) is 35.3 Å². The summed E-state index contributed by atoms with van der Waals surface area (Å²) in [5.41, 5.74) is 6.51. The van der Waals surface area contributed by atoms with Crippen LogP contribution in [0.4, 0.5) is 5.69 Å². The molecule has 0 aliphatic carbocycles. The highest BCUT2D eigenvalue weighted by Gasteiger charge is 2.25. The van der Waals surface area contributed by atoms with E-state index in [1.54, 1.807) is 25.1 Å². The minimum absolute atomic E-state index is 0.0535. The lowest BCUT2D eigenvalue weighted by atomic mass is 10.0. The maximum atomic E-state index is 12.6. The highest BCUT2D eigenvalue weighted by Crippen LogP contribution is 2.25. The molecule has 0 spiro atoms. The smallest absolute Gasteiger partial charge is 0.255 e. The second-order valence-corrected chi connectivity index (χ2v) is 6.22. The van der Waals surface area contributed by atoms with Crippen LogP contribution in [0.2, 0.25) is 5.02 Å². The Hall–Kier alpha value is -1.59. The molecule has 120 valence electrons. The highest BCUT2D eigenvalue weighted by molar-refractivity contribution is 6.34. The normalized spacial score (nSPS) is 19.6. The van der Waals surface area contributed by atoms with Crippen LogP contribution in [-0.2, 0) is 4.79 Å². The van der Waals surface area contributed by atoms with Gasteiger partial charge in [0, 0.05) is 18.3 Å². The Morgan fingerprint density at radius 1 is 1.41 bits per heavy atom. The summed E-state index contributed by atoms with van der Waals surface area (Å²) < 4.78 is 0. The Bertz CT molecular complexity index is 575. The number of nitrogens with two attached hydrogens (primary N) is 1. The van der Waals surface area contributed by atoms with E-state index in [2.05, 4.69) is 12.2 Å². The minimum atomic E-state index is -0.603. The number of nitrogens with one attached hydrogen (secondary N) is 1. The molecule has 2 amide bonds. The van der Waals surface area contributed by atoms with E-state index < -0.39 is 6.04 Å². The van der Waals surface area contributed by atoms with Crippen LogP contribution in [0.15, 0.2) is 18.2 Å². The van der Waals surface area contributed by atoms with E-state index in [0.717, 1.165) is 25.8 Å². The lowest BCUT2D eigenvalue weighted by Crippen LogP contribution is -2.42. The van der Waals surface area contributed by atoms with Gasteiger partial charge in [-0.05, 0) is 51.3 Å². The van der Waals surface area contributed by atoms with Crippen molar-refractivity contribution in [3.63, 3.8) is 0 Å². The quantitative estimate of drug-likeness (QED) is 0.898. The first-order valence-corrected chi connectivity index (χ1v) is 7.95. The molecule has 0 aromatic heterocycles. The summed E-state index contributed by atoms with van der Waals surface area (Å²) in [6.07, 6.45) is 3.20. The van der Waals surface area contributed by atoms with Gasteiger partial charge in [0.2, 0.25) is 5.91 Å². The number of hydrogen-bond donors (Lipinski definition) is 2.